The van der Waals surface area contributed by atoms with Gasteiger partial charge < -0.3 is 15.4 Å². The Hall–Kier alpha value is -2.96. The number of imidazole rings is 1. The van der Waals surface area contributed by atoms with Crippen molar-refractivity contribution in [2.75, 3.05) is 11.9 Å². The number of pyridine rings is 1. The van der Waals surface area contributed by atoms with Crippen molar-refractivity contribution in [3.05, 3.63) is 58.0 Å². The molecule has 0 amide bonds. The molecule has 0 unspecified atom stereocenters. The van der Waals surface area contributed by atoms with Gasteiger partial charge in [-0.25, -0.2) is 4.57 Å². The number of para-hydroxylation sites is 1. The van der Waals surface area contributed by atoms with E-state index in [1.165, 1.54) is 23.9 Å². The quantitative estimate of drug-likeness (QED) is 0.423. The van der Waals surface area contributed by atoms with E-state index in [9.17, 15) is 10.1 Å². The normalized spacial score (nSPS) is 13.1. The minimum absolute atomic E-state index is 0.109. The first-order valence-corrected chi connectivity index (χ1v) is 8.53. The smallest absolute Gasteiger partial charge is 0.390 e. The predicted molar refractivity (Wildman–Crippen MR) is 95.8 cm³/mol. The van der Waals surface area contributed by atoms with Crippen molar-refractivity contribution in [1.29, 1.82) is 0 Å². The van der Waals surface area contributed by atoms with E-state index in [4.69, 9.17) is 4.98 Å². The Labute approximate surface area is 144 Å². The lowest BCUT2D eigenvalue weighted by atomic mass is 10.1. The molecule has 3 aromatic rings. The summed E-state index contributed by atoms with van der Waals surface area (Å²) in [5.41, 5.74) is 4.62. The van der Waals surface area contributed by atoms with E-state index in [1.807, 2.05) is 12.1 Å². The number of benzene rings is 1. The summed E-state index contributed by atoms with van der Waals surface area (Å²) in [6, 6.07) is 8.43. The van der Waals surface area contributed by atoms with Crippen LogP contribution < -0.4 is 5.32 Å². The van der Waals surface area contributed by atoms with Gasteiger partial charge in [0.05, 0.1) is 17.7 Å². The molecule has 1 aromatic carbocycles. The fourth-order valence-corrected chi connectivity index (χ4v) is 3.42. The molecule has 2 heterocycles. The highest BCUT2D eigenvalue weighted by Gasteiger charge is 2.15. The molecule has 25 heavy (non-hydrogen) atoms. The monoisotopic (exact) mass is 337 g/mol. The molecule has 0 aliphatic heterocycles. The van der Waals surface area contributed by atoms with Gasteiger partial charge >= 0.3 is 5.95 Å². The van der Waals surface area contributed by atoms with Crippen molar-refractivity contribution in [3.63, 3.8) is 0 Å². The lowest BCUT2D eigenvalue weighted by molar-refractivity contribution is -0.396. The van der Waals surface area contributed by atoms with E-state index in [0.29, 0.717) is 13.1 Å². The molecule has 0 saturated carbocycles. The fourth-order valence-electron chi connectivity index (χ4n) is 3.42. The highest BCUT2D eigenvalue weighted by atomic mass is 16.6. The molecule has 0 fully saturated rings. The lowest BCUT2D eigenvalue weighted by Crippen LogP contribution is -2.09. The molecule has 128 valence electrons. The third-order valence-corrected chi connectivity index (χ3v) is 4.62. The average molecular weight is 337 g/mol. The summed E-state index contributed by atoms with van der Waals surface area (Å²) < 4.78 is 1.57. The molecule has 0 radical (unpaired) electrons. The minimum atomic E-state index is -0.456. The Morgan fingerprint density at radius 2 is 2.24 bits per heavy atom. The Bertz CT molecular complexity index is 934. The summed E-state index contributed by atoms with van der Waals surface area (Å²) in [6.45, 7) is 1.27. The average Bonchev–Trinajstić information content (AvgIpc) is 3.25. The van der Waals surface area contributed by atoms with Crippen LogP contribution in [-0.4, -0.2) is 26.0 Å². The van der Waals surface area contributed by atoms with E-state index in [-0.39, 0.29) is 5.95 Å². The second-order valence-corrected chi connectivity index (χ2v) is 6.28. The first-order chi connectivity index (χ1) is 12.2. The van der Waals surface area contributed by atoms with Gasteiger partial charge in [-0.1, -0.05) is 17.1 Å². The zero-order valence-corrected chi connectivity index (χ0v) is 13.8. The van der Waals surface area contributed by atoms with Crippen LogP contribution in [0.5, 0.6) is 0 Å². The van der Waals surface area contributed by atoms with Crippen molar-refractivity contribution in [3.8, 4) is 0 Å². The lowest BCUT2D eigenvalue weighted by Gasteiger charge is -2.10. The topological polar surface area (TPSA) is 85.9 Å². The Morgan fingerprint density at radius 3 is 3.12 bits per heavy atom. The zero-order chi connectivity index (χ0) is 17.2. The van der Waals surface area contributed by atoms with Crippen LogP contribution in [0.4, 0.5) is 11.6 Å². The van der Waals surface area contributed by atoms with Gasteiger partial charge in [0.15, 0.2) is 0 Å². The Morgan fingerprint density at radius 1 is 1.32 bits per heavy atom. The number of hydrogen-bond donors (Lipinski definition) is 1. The molecule has 7 nitrogen and oxygen atoms in total. The molecule has 0 atom stereocenters. The van der Waals surface area contributed by atoms with Crippen molar-refractivity contribution in [2.24, 2.45) is 0 Å². The third-order valence-electron chi connectivity index (χ3n) is 4.62. The van der Waals surface area contributed by atoms with E-state index in [1.54, 1.807) is 10.8 Å². The fraction of sp³-hybridized carbons (Fsp3) is 0.333. The molecule has 0 spiro atoms. The molecule has 7 heteroatoms. The number of anilines is 1. The van der Waals surface area contributed by atoms with Crippen molar-refractivity contribution in [1.82, 2.24) is 14.5 Å². The molecule has 2 aromatic heterocycles. The zero-order valence-electron chi connectivity index (χ0n) is 13.8. The van der Waals surface area contributed by atoms with Crippen molar-refractivity contribution < 1.29 is 4.92 Å². The van der Waals surface area contributed by atoms with Gasteiger partial charge in [0.2, 0.25) is 0 Å². The van der Waals surface area contributed by atoms with Gasteiger partial charge in [0.1, 0.15) is 12.4 Å². The summed E-state index contributed by atoms with van der Waals surface area (Å²) in [6.07, 6.45) is 7.23. The summed E-state index contributed by atoms with van der Waals surface area (Å²) in [5.74, 6) is -0.109. The summed E-state index contributed by atoms with van der Waals surface area (Å²) in [7, 11) is 0. The number of hydrogen-bond acceptors (Lipinski definition) is 5. The third kappa shape index (κ3) is 3.05. The largest absolute Gasteiger partial charge is 0.434 e. The predicted octanol–water partition coefficient (Wildman–Crippen LogP) is 3.33. The molecule has 1 N–H and O–H groups in total. The van der Waals surface area contributed by atoms with Gasteiger partial charge in [0.25, 0.3) is 0 Å². The van der Waals surface area contributed by atoms with Crippen LogP contribution >= 0.6 is 0 Å². The van der Waals surface area contributed by atoms with Crippen LogP contribution in [0.25, 0.3) is 10.9 Å². The highest BCUT2D eigenvalue weighted by Crippen LogP contribution is 2.28. The van der Waals surface area contributed by atoms with E-state index in [0.717, 1.165) is 35.9 Å². The van der Waals surface area contributed by atoms with Crippen LogP contribution in [0.1, 0.15) is 24.1 Å². The number of aromatic nitrogens is 3. The van der Waals surface area contributed by atoms with Crippen LogP contribution in [0, 0.1) is 10.1 Å². The second kappa shape index (κ2) is 6.51. The molecule has 0 bridgehead atoms. The number of nitrogens with one attached hydrogen (secondary N) is 1. The Kier molecular flexibility index (Phi) is 4.05. The highest BCUT2D eigenvalue weighted by molar-refractivity contribution is 5.91. The first kappa shape index (κ1) is 15.6. The van der Waals surface area contributed by atoms with Gasteiger partial charge in [-0.15, -0.1) is 0 Å². The molecule has 1 aliphatic rings. The maximum absolute atomic E-state index is 10.9. The van der Waals surface area contributed by atoms with Crippen LogP contribution in [0.2, 0.25) is 0 Å². The number of nitrogens with zero attached hydrogens (tertiary/aromatic N) is 4. The summed E-state index contributed by atoms with van der Waals surface area (Å²) in [4.78, 5) is 19.0. The molecular weight excluding hydrogens is 318 g/mol. The van der Waals surface area contributed by atoms with Gasteiger partial charge in [0, 0.05) is 17.6 Å². The van der Waals surface area contributed by atoms with E-state index >= 15 is 0 Å². The minimum Gasteiger partial charge on any atom is -0.390 e. The second-order valence-electron chi connectivity index (χ2n) is 6.28. The number of rotatable bonds is 6. The molecule has 0 saturated heterocycles. The molecule has 4 rings (SSSR count). The maximum Gasteiger partial charge on any atom is 0.434 e. The molecule has 1 aliphatic carbocycles. The maximum atomic E-state index is 10.9. The van der Waals surface area contributed by atoms with Gasteiger partial charge in [-0.2, -0.15) is 0 Å². The van der Waals surface area contributed by atoms with E-state index in [2.05, 4.69) is 22.4 Å². The van der Waals surface area contributed by atoms with Crippen molar-refractivity contribution in [2.45, 2.75) is 32.2 Å². The van der Waals surface area contributed by atoms with Gasteiger partial charge in [-0.3, -0.25) is 4.98 Å². The SMILES string of the molecule is O=[N+]([O-])c1nccn1CCCNc1cccc2cc3c(nc12)CCC3. The van der Waals surface area contributed by atoms with Crippen LogP contribution in [-0.2, 0) is 19.4 Å². The van der Waals surface area contributed by atoms with Crippen LogP contribution in [0.15, 0.2) is 36.7 Å². The Balaban J connectivity index is 1.44. The number of aryl methyl sites for hydroxylation is 3. The first-order valence-electron chi connectivity index (χ1n) is 8.53. The van der Waals surface area contributed by atoms with Crippen molar-refractivity contribution >= 4 is 22.5 Å². The van der Waals surface area contributed by atoms with Crippen LogP contribution in [0.3, 0.4) is 0 Å². The molecular formula is C18H19N5O2. The standard InChI is InChI=1S/C18H19N5O2/c24-23(25)18-20-9-11-22(18)10-3-8-19-16-7-2-5-14-12-13-4-1-6-15(13)21-17(14)16/h2,5,7,9,11-12,19H,1,3-4,6,8,10H2. The summed E-state index contributed by atoms with van der Waals surface area (Å²) in [5, 5.41) is 15.5. The number of fused-ring (bicyclic) bond motifs is 2. The number of nitro groups is 1. The summed E-state index contributed by atoms with van der Waals surface area (Å²) >= 11 is 0. The van der Waals surface area contributed by atoms with Gasteiger partial charge in [-0.05, 0) is 48.3 Å². The van der Waals surface area contributed by atoms with E-state index < -0.39 is 4.92 Å².